The first kappa shape index (κ1) is 12.9. The second-order valence-corrected chi connectivity index (χ2v) is 4.61. The summed E-state index contributed by atoms with van der Waals surface area (Å²) in [7, 11) is 0. The molecule has 0 unspecified atom stereocenters. The normalized spacial score (nSPS) is 10.3. The Morgan fingerprint density at radius 3 is 2.76 bits per heavy atom. The van der Waals surface area contributed by atoms with Gasteiger partial charge in [-0.25, -0.2) is 4.79 Å². The molecule has 3 rings (SSSR count). The van der Waals surface area contributed by atoms with E-state index < -0.39 is 0 Å². The van der Waals surface area contributed by atoms with Crippen LogP contribution in [-0.2, 0) is 0 Å². The largest absolute Gasteiger partial charge is 0.399 e. The van der Waals surface area contributed by atoms with Crippen molar-refractivity contribution in [2.75, 3.05) is 16.4 Å². The van der Waals surface area contributed by atoms with E-state index in [-0.39, 0.29) is 6.03 Å². The highest BCUT2D eigenvalue weighted by Gasteiger charge is 2.06. The van der Waals surface area contributed by atoms with Crippen molar-refractivity contribution in [3.63, 3.8) is 0 Å². The number of aromatic nitrogens is 1. The molecule has 0 fully saturated rings. The van der Waals surface area contributed by atoms with Crippen molar-refractivity contribution in [1.82, 2.24) is 4.98 Å². The van der Waals surface area contributed by atoms with E-state index in [9.17, 15) is 4.79 Å². The maximum Gasteiger partial charge on any atom is 0.323 e. The molecule has 2 aromatic carbocycles. The molecule has 21 heavy (non-hydrogen) atoms. The molecule has 0 saturated heterocycles. The number of nitrogens with two attached hydrogens (primary N) is 1. The lowest BCUT2D eigenvalue weighted by Gasteiger charge is -2.10. The van der Waals surface area contributed by atoms with E-state index in [2.05, 4.69) is 15.6 Å². The molecule has 3 aromatic rings. The fourth-order valence-electron chi connectivity index (χ4n) is 2.12. The summed E-state index contributed by atoms with van der Waals surface area (Å²) in [6, 6.07) is 14.3. The quantitative estimate of drug-likeness (QED) is 0.628. The minimum atomic E-state index is -0.322. The Morgan fingerprint density at radius 2 is 1.90 bits per heavy atom. The molecule has 1 heterocycles. The molecule has 0 aliphatic carbocycles. The molecule has 4 N–H and O–H groups in total. The Balaban J connectivity index is 1.80. The van der Waals surface area contributed by atoms with E-state index in [0.717, 1.165) is 10.8 Å². The fraction of sp³-hybridized carbons (Fsp3) is 0. The van der Waals surface area contributed by atoms with Crippen LogP contribution in [-0.4, -0.2) is 11.0 Å². The molecule has 104 valence electrons. The minimum absolute atomic E-state index is 0.322. The van der Waals surface area contributed by atoms with Crippen LogP contribution in [0.3, 0.4) is 0 Å². The maximum absolute atomic E-state index is 12.1. The number of urea groups is 1. The summed E-state index contributed by atoms with van der Waals surface area (Å²) in [5.74, 6) is 0. The topological polar surface area (TPSA) is 80.0 Å². The molecule has 0 aliphatic heterocycles. The van der Waals surface area contributed by atoms with Crippen molar-refractivity contribution < 1.29 is 4.79 Å². The summed E-state index contributed by atoms with van der Waals surface area (Å²) in [5.41, 5.74) is 7.64. The maximum atomic E-state index is 12.1. The first-order valence-corrected chi connectivity index (χ1v) is 6.49. The van der Waals surface area contributed by atoms with Crippen LogP contribution in [0, 0.1) is 0 Å². The number of pyridine rings is 1. The zero-order valence-electron chi connectivity index (χ0n) is 11.2. The van der Waals surface area contributed by atoms with Gasteiger partial charge in [-0.15, -0.1) is 0 Å². The number of rotatable bonds is 2. The number of benzene rings is 2. The van der Waals surface area contributed by atoms with Crippen LogP contribution in [0.5, 0.6) is 0 Å². The van der Waals surface area contributed by atoms with E-state index >= 15 is 0 Å². The van der Waals surface area contributed by atoms with E-state index in [1.54, 1.807) is 36.7 Å². The third kappa shape index (κ3) is 2.92. The van der Waals surface area contributed by atoms with Gasteiger partial charge in [0.05, 0.1) is 5.69 Å². The fourth-order valence-corrected chi connectivity index (χ4v) is 2.12. The van der Waals surface area contributed by atoms with Crippen LogP contribution in [0.25, 0.3) is 10.8 Å². The van der Waals surface area contributed by atoms with Gasteiger partial charge in [0.2, 0.25) is 0 Å². The van der Waals surface area contributed by atoms with Crippen molar-refractivity contribution >= 4 is 33.9 Å². The van der Waals surface area contributed by atoms with E-state index in [1.807, 2.05) is 24.3 Å². The van der Waals surface area contributed by atoms with Crippen LogP contribution >= 0.6 is 0 Å². The highest BCUT2D eigenvalue weighted by Crippen LogP contribution is 2.22. The molecular formula is C16H14N4O. The summed E-state index contributed by atoms with van der Waals surface area (Å²) in [5, 5.41) is 7.48. The average molecular weight is 278 g/mol. The lowest BCUT2D eigenvalue weighted by Crippen LogP contribution is -2.19. The van der Waals surface area contributed by atoms with Gasteiger partial charge < -0.3 is 16.4 Å². The van der Waals surface area contributed by atoms with Crippen molar-refractivity contribution in [3.05, 3.63) is 60.9 Å². The van der Waals surface area contributed by atoms with Gasteiger partial charge in [-0.1, -0.05) is 18.2 Å². The minimum Gasteiger partial charge on any atom is -0.399 e. The number of hydrogen-bond donors (Lipinski definition) is 3. The third-order valence-corrected chi connectivity index (χ3v) is 3.08. The molecular weight excluding hydrogens is 264 g/mol. The number of nitrogen functional groups attached to an aromatic ring is 1. The molecule has 0 spiro atoms. The monoisotopic (exact) mass is 278 g/mol. The number of fused-ring (bicyclic) bond motifs is 1. The molecule has 5 nitrogen and oxygen atoms in total. The van der Waals surface area contributed by atoms with Crippen molar-refractivity contribution in [1.29, 1.82) is 0 Å². The van der Waals surface area contributed by atoms with Gasteiger partial charge in [0.1, 0.15) is 0 Å². The van der Waals surface area contributed by atoms with Crippen molar-refractivity contribution in [2.24, 2.45) is 0 Å². The molecule has 0 atom stereocenters. The highest BCUT2D eigenvalue weighted by atomic mass is 16.2. The molecule has 0 saturated carbocycles. The summed E-state index contributed by atoms with van der Waals surface area (Å²) < 4.78 is 0. The summed E-state index contributed by atoms with van der Waals surface area (Å²) in [6.45, 7) is 0. The van der Waals surface area contributed by atoms with Crippen LogP contribution in [0.15, 0.2) is 60.9 Å². The number of nitrogens with zero attached hydrogens (tertiary/aromatic N) is 1. The van der Waals surface area contributed by atoms with Gasteiger partial charge in [0.25, 0.3) is 0 Å². The molecule has 0 aliphatic rings. The van der Waals surface area contributed by atoms with Gasteiger partial charge in [0, 0.05) is 29.2 Å². The number of nitrogens with one attached hydrogen (secondary N) is 2. The number of hydrogen-bond acceptors (Lipinski definition) is 3. The predicted molar refractivity (Wildman–Crippen MR) is 85.2 cm³/mol. The molecule has 2 amide bonds. The van der Waals surface area contributed by atoms with Gasteiger partial charge >= 0.3 is 6.03 Å². The molecule has 0 radical (unpaired) electrons. The van der Waals surface area contributed by atoms with E-state index in [4.69, 9.17) is 5.73 Å². The van der Waals surface area contributed by atoms with Gasteiger partial charge in [-0.3, -0.25) is 4.98 Å². The third-order valence-electron chi connectivity index (χ3n) is 3.08. The summed E-state index contributed by atoms with van der Waals surface area (Å²) in [6.07, 6.45) is 3.45. The lowest BCUT2D eigenvalue weighted by atomic mass is 10.1. The number of amides is 2. The van der Waals surface area contributed by atoms with Gasteiger partial charge in [-0.2, -0.15) is 0 Å². The lowest BCUT2D eigenvalue weighted by molar-refractivity contribution is 0.262. The van der Waals surface area contributed by atoms with E-state index in [0.29, 0.717) is 17.1 Å². The zero-order chi connectivity index (χ0) is 14.7. The Bertz CT molecular complexity index is 796. The number of carbonyl (C=O) groups is 1. The second-order valence-electron chi connectivity index (χ2n) is 4.61. The Hall–Kier alpha value is -3.08. The summed E-state index contributed by atoms with van der Waals surface area (Å²) in [4.78, 5) is 16.1. The molecule has 1 aromatic heterocycles. The van der Waals surface area contributed by atoms with Crippen LogP contribution in [0.1, 0.15) is 0 Å². The number of carbonyl (C=O) groups excluding carboxylic acids is 1. The first-order chi connectivity index (χ1) is 10.2. The Kier molecular flexibility index (Phi) is 3.39. The van der Waals surface area contributed by atoms with Gasteiger partial charge in [0.15, 0.2) is 0 Å². The standard InChI is InChI=1S/C16H14N4O/c17-12-4-2-5-13(9-12)19-16(21)20-15-6-1-3-11-7-8-18-10-14(11)15/h1-10H,17H2,(H2,19,20,21). The van der Waals surface area contributed by atoms with Crippen molar-refractivity contribution in [3.8, 4) is 0 Å². The average Bonchev–Trinajstić information content (AvgIpc) is 2.47. The SMILES string of the molecule is Nc1cccc(NC(=O)Nc2cccc3ccncc23)c1. The Labute approximate surface area is 121 Å². The summed E-state index contributed by atoms with van der Waals surface area (Å²) >= 11 is 0. The van der Waals surface area contributed by atoms with Gasteiger partial charge in [-0.05, 0) is 35.7 Å². The molecule has 5 heteroatoms. The predicted octanol–water partition coefficient (Wildman–Crippen LogP) is 3.46. The van der Waals surface area contributed by atoms with Crippen LogP contribution in [0.2, 0.25) is 0 Å². The Morgan fingerprint density at radius 1 is 1.05 bits per heavy atom. The zero-order valence-corrected chi connectivity index (χ0v) is 11.2. The van der Waals surface area contributed by atoms with E-state index in [1.165, 1.54) is 0 Å². The van der Waals surface area contributed by atoms with Crippen LogP contribution in [0.4, 0.5) is 21.9 Å². The second kappa shape index (κ2) is 5.50. The van der Waals surface area contributed by atoms with Crippen molar-refractivity contribution in [2.45, 2.75) is 0 Å². The molecule has 0 bridgehead atoms. The smallest absolute Gasteiger partial charge is 0.323 e. The number of anilines is 3. The first-order valence-electron chi connectivity index (χ1n) is 6.49. The van der Waals surface area contributed by atoms with Crippen LogP contribution < -0.4 is 16.4 Å². The highest BCUT2D eigenvalue weighted by molar-refractivity contribution is 6.06.